The van der Waals surface area contributed by atoms with Gasteiger partial charge in [-0.1, -0.05) is 6.07 Å². The maximum Gasteiger partial charge on any atom is 0.0799 e. The number of hydrogen-bond donors (Lipinski definition) is 0. The second kappa shape index (κ2) is 3.74. The molecule has 0 N–H and O–H groups in total. The van der Waals surface area contributed by atoms with E-state index in [4.69, 9.17) is 0 Å². The minimum Gasteiger partial charge on any atom is -0.349 e. The first-order chi connectivity index (χ1) is 8.42. The minimum absolute atomic E-state index is 0.338. The van der Waals surface area contributed by atoms with Crippen LogP contribution in [0.4, 0.5) is 5.69 Å². The molecule has 0 amide bonds. The van der Waals surface area contributed by atoms with E-state index in [1.165, 1.54) is 41.9 Å². The fraction of sp³-hybridized carbons (Fsp3) is 0.625. The highest BCUT2D eigenvalue weighted by Crippen LogP contribution is 2.43. The van der Waals surface area contributed by atoms with Crippen LogP contribution in [0.2, 0.25) is 0 Å². The molecular formula is C16H24N2. The number of fused-ring (bicyclic) bond motifs is 2. The van der Waals surface area contributed by atoms with Crippen LogP contribution >= 0.6 is 0 Å². The maximum absolute atomic E-state index is 2.66. The highest BCUT2D eigenvalue weighted by molar-refractivity contribution is 5.61. The van der Waals surface area contributed by atoms with Gasteiger partial charge in [-0.2, -0.15) is 0 Å². The van der Waals surface area contributed by atoms with Crippen molar-refractivity contribution in [3.05, 3.63) is 28.8 Å². The summed E-state index contributed by atoms with van der Waals surface area (Å²) in [6, 6.07) is 4.66. The third kappa shape index (κ3) is 1.51. The molecule has 0 aliphatic carbocycles. The zero-order valence-electron chi connectivity index (χ0n) is 12.2. The van der Waals surface area contributed by atoms with E-state index in [0.717, 1.165) is 0 Å². The van der Waals surface area contributed by atoms with Crippen LogP contribution in [0.1, 0.15) is 37.0 Å². The lowest BCUT2D eigenvalue weighted by atomic mass is 9.95. The van der Waals surface area contributed by atoms with Crippen molar-refractivity contribution in [3.63, 3.8) is 0 Å². The first kappa shape index (κ1) is 12.0. The summed E-state index contributed by atoms with van der Waals surface area (Å²) in [7, 11) is 0. The lowest BCUT2D eigenvalue weighted by molar-refractivity contribution is 0.278. The van der Waals surface area contributed by atoms with Crippen molar-refractivity contribution in [2.24, 2.45) is 0 Å². The third-order valence-corrected chi connectivity index (χ3v) is 5.01. The summed E-state index contributed by atoms with van der Waals surface area (Å²) in [6.07, 6.45) is 1.84. The molecule has 3 rings (SSSR count). The predicted molar refractivity (Wildman–Crippen MR) is 77.2 cm³/mol. The summed E-state index contributed by atoms with van der Waals surface area (Å²) >= 11 is 0. The van der Waals surface area contributed by atoms with Crippen molar-refractivity contribution >= 4 is 5.69 Å². The maximum atomic E-state index is 2.66. The Kier molecular flexibility index (Phi) is 2.50. The van der Waals surface area contributed by atoms with Gasteiger partial charge in [0.2, 0.25) is 0 Å². The number of hydrogen-bond acceptors (Lipinski definition) is 2. The standard InChI is InChI=1S/C16H24N2/c1-11-8-12(2)13(3)15(9-11)18-14(4)17-7-6-16(18,5)10-17/h8-9,14H,6-7,10H2,1-5H3/t14-,16?/m0/s1. The van der Waals surface area contributed by atoms with Gasteiger partial charge in [0.25, 0.3) is 0 Å². The van der Waals surface area contributed by atoms with Crippen LogP contribution in [0, 0.1) is 20.8 Å². The molecule has 2 bridgehead atoms. The molecule has 2 heteroatoms. The summed E-state index contributed by atoms with van der Waals surface area (Å²) in [5.74, 6) is 0. The average molecular weight is 244 g/mol. The Morgan fingerprint density at radius 2 is 1.94 bits per heavy atom. The van der Waals surface area contributed by atoms with Crippen LogP contribution in [0.15, 0.2) is 12.1 Å². The second-order valence-corrected chi connectivity index (χ2v) is 6.45. The van der Waals surface area contributed by atoms with E-state index in [1.54, 1.807) is 0 Å². The molecule has 1 aromatic carbocycles. The predicted octanol–water partition coefficient (Wildman–Crippen LogP) is 3.24. The molecule has 2 nitrogen and oxygen atoms in total. The molecule has 2 fully saturated rings. The summed E-state index contributed by atoms with van der Waals surface area (Å²) < 4.78 is 0. The van der Waals surface area contributed by atoms with Gasteiger partial charge < -0.3 is 4.90 Å². The Balaban J connectivity index is 2.11. The molecule has 18 heavy (non-hydrogen) atoms. The molecule has 98 valence electrons. The Morgan fingerprint density at radius 1 is 1.22 bits per heavy atom. The van der Waals surface area contributed by atoms with Gasteiger partial charge in [-0.05, 0) is 63.8 Å². The van der Waals surface area contributed by atoms with Crippen molar-refractivity contribution in [2.45, 2.75) is 52.7 Å². The van der Waals surface area contributed by atoms with Crippen LogP contribution in [-0.4, -0.2) is 29.7 Å². The van der Waals surface area contributed by atoms with Crippen LogP contribution < -0.4 is 4.90 Å². The fourth-order valence-electron chi connectivity index (χ4n) is 3.87. The van der Waals surface area contributed by atoms with Crippen LogP contribution in [-0.2, 0) is 0 Å². The summed E-state index contributed by atoms with van der Waals surface area (Å²) in [6.45, 7) is 14.0. The first-order valence-corrected chi connectivity index (χ1v) is 7.04. The number of rotatable bonds is 1. The van der Waals surface area contributed by atoms with Gasteiger partial charge in [-0.25, -0.2) is 0 Å². The number of benzene rings is 1. The van der Waals surface area contributed by atoms with Crippen molar-refractivity contribution in [2.75, 3.05) is 18.0 Å². The molecule has 1 aromatic rings. The van der Waals surface area contributed by atoms with Gasteiger partial charge >= 0.3 is 0 Å². The Labute approximate surface area is 111 Å². The molecule has 0 aromatic heterocycles. The van der Waals surface area contributed by atoms with E-state index < -0.39 is 0 Å². The monoisotopic (exact) mass is 244 g/mol. The Bertz CT molecular complexity index is 494. The quantitative estimate of drug-likeness (QED) is 0.748. The van der Waals surface area contributed by atoms with E-state index >= 15 is 0 Å². The number of aryl methyl sites for hydroxylation is 2. The number of nitrogens with zero attached hydrogens (tertiary/aromatic N) is 2. The first-order valence-electron chi connectivity index (χ1n) is 7.04. The van der Waals surface area contributed by atoms with Gasteiger partial charge in [0.05, 0.1) is 11.7 Å². The molecule has 0 radical (unpaired) electrons. The molecule has 3 atom stereocenters. The summed E-state index contributed by atoms with van der Waals surface area (Å²) in [5, 5.41) is 0. The van der Waals surface area contributed by atoms with Gasteiger partial charge in [0.1, 0.15) is 0 Å². The highest BCUT2D eigenvalue weighted by Gasteiger charge is 2.50. The van der Waals surface area contributed by atoms with Gasteiger partial charge in [0, 0.05) is 18.8 Å². The van der Waals surface area contributed by atoms with Crippen LogP contribution in [0.25, 0.3) is 0 Å². The van der Waals surface area contributed by atoms with Crippen molar-refractivity contribution in [1.82, 2.24) is 4.90 Å². The fourth-order valence-corrected chi connectivity index (χ4v) is 3.87. The van der Waals surface area contributed by atoms with Crippen molar-refractivity contribution in [1.29, 1.82) is 0 Å². The van der Waals surface area contributed by atoms with Gasteiger partial charge in [-0.15, -0.1) is 0 Å². The Morgan fingerprint density at radius 3 is 2.56 bits per heavy atom. The zero-order chi connectivity index (χ0) is 13.1. The molecular weight excluding hydrogens is 220 g/mol. The Hall–Kier alpha value is -1.02. The normalized spacial score (nSPS) is 34.4. The molecule has 0 saturated carbocycles. The SMILES string of the molecule is Cc1cc(C)c(C)c(N2[C@@H](C)N3CCC2(C)C3)c1. The summed E-state index contributed by atoms with van der Waals surface area (Å²) in [5.41, 5.74) is 6.03. The highest BCUT2D eigenvalue weighted by atomic mass is 15.5. The largest absolute Gasteiger partial charge is 0.349 e. The van der Waals surface area contributed by atoms with Crippen molar-refractivity contribution < 1.29 is 0 Å². The summed E-state index contributed by atoms with van der Waals surface area (Å²) in [4.78, 5) is 5.27. The molecule has 2 aliphatic heterocycles. The van der Waals surface area contributed by atoms with Crippen LogP contribution in [0.3, 0.4) is 0 Å². The van der Waals surface area contributed by atoms with E-state index in [9.17, 15) is 0 Å². The van der Waals surface area contributed by atoms with E-state index in [1.807, 2.05) is 0 Å². The molecule has 2 heterocycles. The second-order valence-electron chi connectivity index (χ2n) is 6.45. The molecule has 2 unspecified atom stereocenters. The average Bonchev–Trinajstić information content (AvgIpc) is 2.78. The van der Waals surface area contributed by atoms with E-state index in [2.05, 4.69) is 56.6 Å². The molecule has 2 saturated heterocycles. The molecule has 2 aliphatic rings. The topological polar surface area (TPSA) is 6.48 Å². The van der Waals surface area contributed by atoms with Gasteiger partial charge in [0.15, 0.2) is 0 Å². The minimum atomic E-state index is 0.338. The lowest BCUT2D eigenvalue weighted by Gasteiger charge is -2.42. The molecule has 0 spiro atoms. The lowest BCUT2D eigenvalue weighted by Crippen LogP contribution is -2.50. The van der Waals surface area contributed by atoms with Crippen molar-refractivity contribution in [3.8, 4) is 0 Å². The van der Waals surface area contributed by atoms with E-state index in [-0.39, 0.29) is 0 Å². The zero-order valence-corrected chi connectivity index (χ0v) is 12.2. The smallest absolute Gasteiger partial charge is 0.0799 e. The number of anilines is 1. The van der Waals surface area contributed by atoms with Crippen LogP contribution in [0.5, 0.6) is 0 Å². The van der Waals surface area contributed by atoms with E-state index in [0.29, 0.717) is 11.7 Å². The van der Waals surface area contributed by atoms with Gasteiger partial charge in [-0.3, -0.25) is 4.90 Å². The third-order valence-electron chi connectivity index (χ3n) is 5.01.